The average molecular weight is 511 g/mol. The van der Waals surface area contributed by atoms with E-state index in [0.29, 0.717) is 0 Å². The number of hydrogen-bond acceptors (Lipinski definition) is 4. The van der Waals surface area contributed by atoms with Crippen LogP contribution in [0.3, 0.4) is 0 Å². The Labute approximate surface area is 222 Å². The lowest BCUT2D eigenvalue weighted by Crippen LogP contribution is -2.74. The molecule has 7 heteroatoms. The zero-order valence-electron chi connectivity index (χ0n) is 21.3. The molecule has 0 unspecified atom stereocenters. The first-order valence-corrected chi connectivity index (χ1v) is 12.8. The quantitative estimate of drug-likeness (QED) is 0.431. The van der Waals surface area contributed by atoms with Crippen molar-refractivity contribution in [3.8, 4) is 0 Å². The Balaban J connectivity index is 1.64. The zero-order valence-corrected chi connectivity index (χ0v) is 21.3. The van der Waals surface area contributed by atoms with Crippen LogP contribution in [0.2, 0.25) is 0 Å². The van der Waals surface area contributed by atoms with Crippen LogP contribution in [-0.4, -0.2) is 57.6 Å². The Hall–Kier alpha value is -4.39. The van der Waals surface area contributed by atoms with Gasteiger partial charge in [0.2, 0.25) is 5.91 Å². The number of amides is 2. The summed E-state index contributed by atoms with van der Waals surface area (Å²) in [5.41, 5.74) is 3.57. The third-order valence-electron chi connectivity index (χ3n) is 7.24. The molecule has 2 saturated heterocycles. The number of benzene rings is 3. The molecular formula is C31H30N2O5. The molecule has 0 radical (unpaired) electrons. The predicted molar refractivity (Wildman–Crippen MR) is 143 cm³/mol. The number of carbonyl (C=O) groups is 3. The third-order valence-corrected chi connectivity index (χ3v) is 7.24. The normalized spacial score (nSPS) is 21.6. The molecule has 0 saturated carbocycles. The van der Waals surface area contributed by atoms with Crippen LogP contribution in [0.1, 0.15) is 36.6 Å². The molecule has 2 fully saturated rings. The molecule has 7 nitrogen and oxygen atoms in total. The lowest BCUT2D eigenvalue weighted by molar-refractivity contribution is -0.170. The minimum absolute atomic E-state index is 0.125. The van der Waals surface area contributed by atoms with Crippen LogP contribution in [0.25, 0.3) is 5.57 Å². The van der Waals surface area contributed by atoms with Crippen molar-refractivity contribution >= 4 is 23.5 Å². The molecule has 3 aromatic carbocycles. The molecule has 2 heterocycles. The van der Waals surface area contributed by atoms with E-state index in [1.165, 1.54) is 9.80 Å². The third kappa shape index (κ3) is 4.56. The molecule has 38 heavy (non-hydrogen) atoms. The summed E-state index contributed by atoms with van der Waals surface area (Å²) < 4.78 is 5.43. The van der Waals surface area contributed by atoms with Gasteiger partial charge in [0.05, 0.1) is 12.1 Å². The number of ether oxygens (including phenoxy) is 1. The van der Waals surface area contributed by atoms with E-state index >= 15 is 0 Å². The van der Waals surface area contributed by atoms with Gasteiger partial charge in [-0.3, -0.25) is 9.69 Å². The van der Waals surface area contributed by atoms with Crippen molar-refractivity contribution in [2.24, 2.45) is 5.92 Å². The summed E-state index contributed by atoms with van der Waals surface area (Å²) in [5.74, 6) is -1.80. The largest absolute Gasteiger partial charge is 0.480 e. The highest BCUT2D eigenvalue weighted by Gasteiger charge is 2.58. The molecule has 3 aromatic rings. The highest BCUT2D eigenvalue weighted by atomic mass is 16.6. The molecular weight excluding hydrogens is 480 g/mol. The fraction of sp³-hybridized carbons (Fsp3) is 0.258. The first kappa shape index (κ1) is 25.3. The van der Waals surface area contributed by atoms with Crippen molar-refractivity contribution in [2.45, 2.75) is 38.0 Å². The lowest BCUT2D eigenvalue weighted by Gasteiger charge is -2.52. The van der Waals surface area contributed by atoms with Crippen LogP contribution in [0, 0.1) is 5.92 Å². The first-order chi connectivity index (χ1) is 18.4. The summed E-state index contributed by atoms with van der Waals surface area (Å²) >= 11 is 0. The van der Waals surface area contributed by atoms with Gasteiger partial charge < -0.3 is 14.7 Å². The molecule has 2 aliphatic rings. The van der Waals surface area contributed by atoms with E-state index in [1.807, 2.05) is 97.1 Å². The fourth-order valence-electron chi connectivity index (χ4n) is 5.46. The molecule has 5 rings (SSSR count). The van der Waals surface area contributed by atoms with Crippen molar-refractivity contribution < 1.29 is 24.2 Å². The van der Waals surface area contributed by atoms with Gasteiger partial charge >= 0.3 is 12.1 Å². The summed E-state index contributed by atoms with van der Waals surface area (Å²) in [6, 6.07) is 25.9. The first-order valence-electron chi connectivity index (χ1n) is 12.8. The van der Waals surface area contributed by atoms with Crippen LogP contribution in [-0.2, 0) is 14.3 Å². The molecule has 194 valence electrons. The van der Waals surface area contributed by atoms with Crippen molar-refractivity contribution in [1.29, 1.82) is 0 Å². The number of nitrogens with zero attached hydrogens (tertiary/aromatic N) is 2. The fourth-order valence-corrected chi connectivity index (χ4v) is 5.46. The number of β-lactam (4-membered cyclic amide) rings is 1. The number of aliphatic carboxylic acids is 1. The van der Waals surface area contributed by atoms with Crippen LogP contribution in [0.15, 0.2) is 97.1 Å². The van der Waals surface area contributed by atoms with Gasteiger partial charge in [0.15, 0.2) is 0 Å². The maximum Gasteiger partial charge on any atom is 0.411 e. The number of carbonyl (C=O) groups excluding carboxylic acids is 2. The van der Waals surface area contributed by atoms with Crippen LogP contribution >= 0.6 is 0 Å². The predicted octanol–water partition coefficient (Wildman–Crippen LogP) is 5.00. The van der Waals surface area contributed by atoms with Gasteiger partial charge in [-0.2, -0.15) is 0 Å². The van der Waals surface area contributed by atoms with E-state index in [2.05, 4.69) is 0 Å². The lowest BCUT2D eigenvalue weighted by atomic mass is 9.83. The van der Waals surface area contributed by atoms with Gasteiger partial charge in [-0.15, -0.1) is 0 Å². The van der Waals surface area contributed by atoms with Crippen molar-refractivity contribution in [1.82, 2.24) is 9.80 Å². The molecule has 1 N–H and O–H groups in total. The molecule has 0 spiro atoms. The second kappa shape index (κ2) is 10.5. The Morgan fingerprint density at radius 3 is 1.92 bits per heavy atom. The SMILES string of the molecule is CC(C)[C@@H](C(=O)O)N1C(=O)[C@H](N2C(=O)OC[C@@H]2c2ccccc2)[C@@H]1C=C(c1ccccc1)c1ccccc1. The van der Waals surface area contributed by atoms with E-state index in [0.717, 1.165) is 22.3 Å². The summed E-state index contributed by atoms with van der Waals surface area (Å²) in [4.78, 5) is 42.1. The number of carboxylic acid groups (broad SMARTS) is 1. The Kier molecular flexibility index (Phi) is 7.01. The van der Waals surface area contributed by atoms with Crippen LogP contribution in [0.4, 0.5) is 4.79 Å². The van der Waals surface area contributed by atoms with Gasteiger partial charge in [0, 0.05) is 0 Å². The minimum Gasteiger partial charge on any atom is -0.480 e. The number of likely N-dealkylation sites (tertiary alicyclic amines) is 1. The number of rotatable bonds is 8. The number of hydrogen-bond donors (Lipinski definition) is 1. The Morgan fingerprint density at radius 1 is 0.895 bits per heavy atom. The summed E-state index contributed by atoms with van der Waals surface area (Å²) in [6.45, 7) is 3.69. The maximum absolute atomic E-state index is 13.8. The second-order valence-corrected chi connectivity index (χ2v) is 9.93. The zero-order chi connectivity index (χ0) is 26.8. The van der Waals surface area contributed by atoms with E-state index in [9.17, 15) is 19.5 Å². The maximum atomic E-state index is 13.8. The minimum atomic E-state index is -1.07. The molecule has 4 atom stereocenters. The van der Waals surface area contributed by atoms with Crippen molar-refractivity contribution in [3.05, 3.63) is 114 Å². The highest BCUT2D eigenvalue weighted by Crippen LogP contribution is 2.40. The topological polar surface area (TPSA) is 87.2 Å². The van der Waals surface area contributed by atoms with Crippen molar-refractivity contribution in [3.63, 3.8) is 0 Å². The number of cyclic esters (lactones) is 1. The van der Waals surface area contributed by atoms with E-state index in [1.54, 1.807) is 13.8 Å². The van der Waals surface area contributed by atoms with Crippen molar-refractivity contribution in [2.75, 3.05) is 6.61 Å². The number of carboxylic acids is 1. The Bertz CT molecular complexity index is 1300. The summed E-state index contributed by atoms with van der Waals surface area (Å²) in [5, 5.41) is 10.1. The van der Waals surface area contributed by atoms with Gasteiger partial charge in [0.1, 0.15) is 18.7 Å². The molecule has 2 amide bonds. The monoisotopic (exact) mass is 510 g/mol. The molecule has 0 aromatic heterocycles. The average Bonchev–Trinajstić information content (AvgIpc) is 3.30. The second-order valence-electron chi connectivity index (χ2n) is 9.93. The van der Waals surface area contributed by atoms with E-state index < -0.39 is 42.1 Å². The van der Waals surface area contributed by atoms with Gasteiger partial charge in [-0.05, 0) is 28.2 Å². The molecule has 2 aliphatic heterocycles. The van der Waals surface area contributed by atoms with Crippen LogP contribution in [0.5, 0.6) is 0 Å². The van der Waals surface area contributed by atoms with E-state index in [-0.39, 0.29) is 12.5 Å². The van der Waals surface area contributed by atoms with E-state index in [4.69, 9.17) is 4.74 Å². The smallest absolute Gasteiger partial charge is 0.411 e. The molecule has 0 aliphatic carbocycles. The van der Waals surface area contributed by atoms with Crippen LogP contribution < -0.4 is 0 Å². The van der Waals surface area contributed by atoms with Gasteiger partial charge in [-0.25, -0.2) is 9.59 Å². The van der Waals surface area contributed by atoms with Gasteiger partial charge in [0.25, 0.3) is 0 Å². The van der Waals surface area contributed by atoms with Gasteiger partial charge in [-0.1, -0.05) is 111 Å². The molecule has 0 bridgehead atoms. The Morgan fingerprint density at radius 2 is 1.42 bits per heavy atom. The standard InChI is InChI=1S/C31H30N2O5/c1-20(2)27(30(35)36)32-25(18-24(21-12-6-3-7-13-21)22-14-8-4-9-15-22)28(29(32)34)33-26(19-38-31(33)37)23-16-10-5-11-17-23/h3-18,20,25-28H,19H2,1-2H3,(H,35,36)/t25-,26+,27-,28+/m0/s1. The summed E-state index contributed by atoms with van der Waals surface area (Å²) in [6.07, 6.45) is 1.36. The highest BCUT2D eigenvalue weighted by molar-refractivity contribution is 5.98. The summed E-state index contributed by atoms with van der Waals surface area (Å²) in [7, 11) is 0.